The number of amides is 1. The number of aromatic nitrogens is 6. The van der Waals surface area contributed by atoms with Crippen molar-refractivity contribution in [2.75, 3.05) is 32.9 Å². The van der Waals surface area contributed by atoms with Gasteiger partial charge in [-0.3, -0.25) is 9.78 Å². The summed E-state index contributed by atoms with van der Waals surface area (Å²) in [6.45, 7) is 0.844. The fourth-order valence-corrected chi connectivity index (χ4v) is 4.85. The third-order valence-corrected chi connectivity index (χ3v) is 6.63. The number of alkyl halides is 1. The molecule has 33 heavy (non-hydrogen) atoms. The Hall–Kier alpha value is -3.32. The highest BCUT2D eigenvalue weighted by molar-refractivity contribution is 5.91. The molecule has 5 heterocycles. The highest BCUT2D eigenvalue weighted by atomic mass is 19.1. The quantitative estimate of drug-likeness (QED) is 0.568. The van der Waals surface area contributed by atoms with Crippen molar-refractivity contribution in [2.45, 2.75) is 31.4 Å². The first kappa shape index (κ1) is 21.5. The molecule has 174 valence electrons. The van der Waals surface area contributed by atoms with Gasteiger partial charge in [0, 0.05) is 12.6 Å². The number of nitrogens with zero attached hydrogens (tertiary/aromatic N) is 8. The Balaban J connectivity index is 1.20. The SMILES string of the molecule is O=C1C=C(N2C(=O)C3(CCN(C[C@H](O)c4cnc(-n5cnnn5)cn4)CC3)CC2CF)CO1. The third-order valence-electron chi connectivity index (χ3n) is 6.63. The molecule has 1 unspecified atom stereocenters. The van der Waals surface area contributed by atoms with Gasteiger partial charge in [-0.05, 0) is 42.8 Å². The Morgan fingerprint density at radius 3 is 2.67 bits per heavy atom. The van der Waals surface area contributed by atoms with Crippen LogP contribution in [0.3, 0.4) is 0 Å². The minimum Gasteiger partial charge on any atom is -0.456 e. The van der Waals surface area contributed by atoms with Gasteiger partial charge in [0.1, 0.15) is 25.7 Å². The fraction of sp³-hybridized carbons (Fsp3) is 0.550. The molecule has 0 saturated carbocycles. The number of β-amino-alcohol motifs (C(OH)–C–C–N with tert-alkyl or cyclic N) is 1. The predicted molar refractivity (Wildman–Crippen MR) is 108 cm³/mol. The van der Waals surface area contributed by atoms with Crippen LogP contribution in [0.1, 0.15) is 31.1 Å². The Morgan fingerprint density at radius 1 is 1.24 bits per heavy atom. The first-order chi connectivity index (χ1) is 16.0. The number of tetrazole rings is 1. The van der Waals surface area contributed by atoms with E-state index in [1.54, 1.807) is 0 Å². The van der Waals surface area contributed by atoms with E-state index in [-0.39, 0.29) is 12.5 Å². The second-order valence-electron chi connectivity index (χ2n) is 8.58. The molecule has 1 N–H and O–H groups in total. The van der Waals surface area contributed by atoms with Crippen molar-refractivity contribution in [3.63, 3.8) is 0 Å². The summed E-state index contributed by atoms with van der Waals surface area (Å²) in [6.07, 6.45) is 6.30. The average Bonchev–Trinajstić information content (AvgIpc) is 3.56. The summed E-state index contributed by atoms with van der Waals surface area (Å²) in [5.41, 5.74) is 0.203. The van der Waals surface area contributed by atoms with E-state index in [0.29, 0.717) is 56.1 Å². The molecule has 3 aliphatic heterocycles. The van der Waals surface area contributed by atoms with Crippen molar-refractivity contribution in [2.24, 2.45) is 5.41 Å². The Morgan fingerprint density at radius 2 is 2.06 bits per heavy atom. The second-order valence-corrected chi connectivity index (χ2v) is 8.58. The molecule has 0 aromatic carbocycles. The van der Waals surface area contributed by atoms with Crippen LogP contribution in [0.5, 0.6) is 0 Å². The number of esters is 1. The number of likely N-dealkylation sites (tertiary alicyclic amines) is 2. The van der Waals surface area contributed by atoms with Crippen LogP contribution in [-0.2, 0) is 14.3 Å². The number of piperidine rings is 1. The van der Waals surface area contributed by atoms with Crippen molar-refractivity contribution >= 4 is 11.9 Å². The zero-order valence-corrected chi connectivity index (χ0v) is 17.7. The summed E-state index contributed by atoms with van der Waals surface area (Å²) in [7, 11) is 0. The number of hydrogen-bond acceptors (Lipinski definition) is 10. The van der Waals surface area contributed by atoms with Crippen LogP contribution in [-0.4, -0.2) is 95.9 Å². The van der Waals surface area contributed by atoms with E-state index in [4.69, 9.17) is 4.74 Å². The summed E-state index contributed by atoms with van der Waals surface area (Å²) in [4.78, 5) is 36.7. The molecule has 0 bridgehead atoms. The lowest BCUT2D eigenvalue weighted by atomic mass is 9.76. The molecule has 2 atom stereocenters. The Labute approximate surface area is 188 Å². The molecule has 12 nitrogen and oxygen atoms in total. The molecule has 13 heteroatoms. The van der Waals surface area contributed by atoms with Crippen molar-refractivity contribution in [1.29, 1.82) is 0 Å². The van der Waals surface area contributed by atoms with E-state index in [9.17, 15) is 19.1 Å². The largest absolute Gasteiger partial charge is 0.456 e. The molecular formula is C20H23FN8O4. The maximum Gasteiger partial charge on any atom is 0.333 e. The van der Waals surface area contributed by atoms with E-state index >= 15 is 0 Å². The number of rotatable bonds is 6. The van der Waals surface area contributed by atoms with Gasteiger partial charge in [-0.2, -0.15) is 4.68 Å². The van der Waals surface area contributed by atoms with E-state index in [2.05, 4.69) is 30.4 Å². The van der Waals surface area contributed by atoms with E-state index in [1.165, 1.54) is 34.4 Å². The van der Waals surface area contributed by atoms with Crippen LogP contribution in [0, 0.1) is 5.41 Å². The van der Waals surface area contributed by atoms with Crippen LogP contribution >= 0.6 is 0 Å². The third kappa shape index (κ3) is 3.97. The fourth-order valence-electron chi connectivity index (χ4n) is 4.85. The van der Waals surface area contributed by atoms with Crippen molar-refractivity contribution < 1.29 is 23.8 Å². The van der Waals surface area contributed by atoms with Gasteiger partial charge in [0.05, 0.1) is 35.2 Å². The number of aliphatic hydroxyl groups is 1. The molecule has 1 spiro atoms. The summed E-state index contributed by atoms with van der Waals surface area (Å²) >= 11 is 0. The summed E-state index contributed by atoms with van der Waals surface area (Å²) in [5.74, 6) is -0.208. The number of carbonyl (C=O) groups excluding carboxylic acids is 2. The number of halogens is 1. The monoisotopic (exact) mass is 458 g/mol. The highest BCUT2D eigenvalue weighted by Crippen LogP contribution is 2.46. The van der Waals surface area contributed by atoms with Crippen molar-refractivity contribution in [3.8, 4) is 5.82 Å². The minimum atomic E-state index is -0.851. The standard InChI is InChI=1S/C20H23FN8O4/c21-7-14-6-20(19(32)29(14)13-5-18(31)33-11-13)1-3-27(4-2-20)10-16(30)15-8-23-17(9-22-15)28-12-24-25-26-28/h5,8-9,12,14,16,30H,1-4,6-7,10-11H2/t14?,16-/m0/s1. The number of aliphatic hydroxyl groups excluding tert-OH is 1. The number of hydrogen-bond donors (Lipinski definition) is 1. The molecule has 3 aliphatic rings. The van der Waals surface area contributed by atoms with Crippen LogP contribution in [0.15, 0.2) is 30.5 Å². The van der Waals surface area contributed by atoms with Gasteiger partial charge in [0.25, 0.3) is 0 Å². The normalized spacial score (nSPS) is 23.8. The molecule has 2 saturated heterocycles. The van der Waals surface area contributed by atoms with Gasteiger partial charge in [-0.25, -0.2) is 14.2 Å². The molecule has 1 amide bonds. The molecule has 2 aromatic heterocycles. The first-order valence-corrected chi connectivity index (χ1v) is 10.7. The van der Waals surface area contributed by atoms with Gasteiger partial charge in [0.2, 0.25) is 5.91 Å². The average molecular weight is 458 g/mol. The smallest absolute Gasteiger partial charge is 0.333 e. The lowest BCUT2D eigenvalue weighted by molar-refractivity contribution is -0.139. The topological polar surface area (TPSA) is 139 Å². The summed E-state index contributed by atoms with van der Waals surface area (Å²) < 4.78 is 20.0. The number of ether oxygens (including phenoxy) is 1. The van der Waals surface area contributed by atoms with Gasteiger partial charge in [0.15, 0.2) is 5.82 Å². The second kappa shape index (κ2) is 8.56. The lowest BCUT2D eigenvalue weighted by Crippen LogP contribution is -2.45. The van der Waals surface area contributed by atoms with Crippen LogP contribution in [0.2, 0.25) is 0 Å². The number of cyclic esters (lactones) is 1. The maximum absolute atomic E-state index is 13.7. The van der Waals surface area contributed by atoms with E-state index < -0.39 is 30.2 Å². The first-order valence-electron chi connectivity index (χ1n) is 10.7. The van der Waals surface area contributed by atoms with Gasteiger partial charge < -0.3 is 19.6 Å². The van der Waals surface area contributed by atoms with Crippen LogP contribution < -0.4 is 0 Å². The summed E-state index contributed by atoms with van der Waals surface area (Å²) in [6, 6.07) is -0.579. The lowest BCUT2D eigenvalue weighted by Gasteiger charge is -2.38. The molecule has 2 aromatic rings. The van der Waals surface area contributed by atoms with Crippen LogP contribution in [0.4, 0.5) is 4.39 Å². The molecular weight excluding hydrogens is 435 g/mol. The number of carbonyl (C=O) groups is 2. The molecule has 0 radical (unpaired) electrons. The molecule has 2 fully saturated rings. The predicted octanol–water partition coefficient (Wildman–Crippen LogP) is -0.421. The zero-order valence-electron chi connectivity index (χ0n) is 17.7. The van der Waals surface area contributed by atoms with E-state index in [0.717, 1.165) is 0 Å². The Kier molecular flexibility index (Phi) is 5.58. The minimum absolute atomic E-state index is 0.00270. The van der Waals surface area contributed by atoms with Gasteiger partial charge >= 0.3 is 5.97 Å². The van der Waals surface area contributed by atoms with Crippen molar-refractivity contribution in [3.05, 3.63) is 36.2 Å². The zero-order chi connectivity index (χ0) is 23.0. The maximum atomic E-state index is 13.7. The summed E-state index contributed by atoms with van der Waals surface area (Å²) in [5, 5.41) is 21.5. The van der Waals surface area contributed by atoms with Crippen LogP contribution in [0.25, 0.3) is 5.82 Å². The van der Waals surface area contributed by atoms with Crippen molar-refractivity contribution in [1.82, 2.24) is 40.0 Å². The van der Waals surface area contributed by atoms with E-state index in [1.807, 2.05) is 0 Å². The van der Waals surface area contributed by atoms with Gasteiger partial charge in [-0.15, -0.1) is 5.10 Å². The van der Waals surface area contributed by atoms with Gasteiger partial charge in [-0.1, -0.05) is 0 Å². The highest BCUT2D eigenvalue weighted by Gasteiger charge is 2.54. The Bertz CT molecular complexity index is 1050. The molecule has 5 rings (SSSR count). The molecule has 0 aliphatic carbocycles.